The van der Waals surface area contributed by atoms with E-state index in [1.165, 1.54) is 11.3 Å². The molecule has 0 aliphatic carbocycles. The van der Waals surface area contributed by atoms with Crippen LogP contribution in [0.5, 0.6) is 0 Å². The number of aromatic nitrogens is 5. The summed E-state index contributed by atoms with van der Waals surface area (Å²) >= 11 is 13.7. The Labute approximate surface area is 221 Å². The fourth-order valence-electron chi connectivity index (χ4n) is 4.29. The normalized spacial score (nSPS) is 14.4. The van der Waals surface area contributed by atoms with Gasteiger partial charge in [-0.15, -0.1) is 21.5 Å². The van der Waals surface area contributed by atoms with Gasteiger partial charge in [-0.3, -0.25) is 9.59 Å². The second-order valence-electron chi connectivity index (χ2n) is 8.72. The monoisotopic (exact) mass is 543 g/mol. The number of piperidine rings is 1. The zero-order chi connectivity index (χ0) is 25.4. The maximum absolute atomic E-state index is 13.1. The summed E-state index contributed by atoms with van der Waals surface area (Å²) in [4.78, 5) is 32.1. The van der Waals surface area contributed by atoms with Crippen molar-refractivity contribution in [3.05, 3.63) is 73.0 Å². The van der Waals surface area contributed by atoms with E-state index < -0.39 is 0 Å². The predicted molar refractivity (Wildman–Crippen MR) is 138 cm³/mol. The smallest absolute Gasteiger partial charge is 0.276 e. The molecule has 1 saturated heterocycles. The molecule has 4 aromatic rings. The molecule has 1 fully saturated rings. The topological polar surface area (TPSA) is 105 Å². The molecule has 1 aliphatic heterocycles. The third-order valence-electron chi connectivity index (χ3n) is 6.29. The summed E-state index contributed by atoms with van der Waals surface area (Å²) in [7, 11) is 0. The van der Waals surface area contributed by atoms with Gasteiger partial charge < -0.3 is 10.2 Å². The number of hydrogen-bond donors (Lipinski definition) is 1. The molecular weight excluding hydrogens is 521 g/mol. The number of nitrogens with zero attached hydrogens (tertiary/aromatic N) is 6. The molecule has 3 aromatic heterocycles. The number of aryl methyl sites for hydroxylation is 2. The number of nitrogens with one attached hydrogen (secondary N) is 1. The molecule has 1 aliphatic rings. The first kappa shape index (κ1) is 24.6. The van der Waals surface area contributed by atoms with Crippen molar-refractivity contribution in [1.82, 2.24) is 35.0 Å². The van der Waals surface area contributed by atoms with E-state index in [0.29, 0.717) is 45.9 Å². The van der Waals surface area contributed by atoms with E-state index in [1.807, 2.05) is 26.0 Å². The van der Waals surface area contributed by atoms with Crippen LogP contribution < -0.4 is 5.32 Å². The maximum atomic E-state index is 13.1. The molecule has 0 bridgehead atoms. The number of carbonyl (C=O) groups is 2. The number of likely N-dealkylation sites (tertiary alicyclic amines) is 1. The molecule has 36 heavy (non-hydrogen) atoms. The van der Waals surface area contributed by atoms with Crippen molar-refractivity contribution in [1.29, 1.82) is 0 Å². The van der Waals surface area contributed by atoms with Gasteiger partial charge in [-0.1, -0.05) is 35.3 Å². The van der Waals surface area contributed by atoms with Gasteiger partial charge in [0.2, 0.25) is 0 Å². The third kappa shape index (κ3) is 4.80. The Kier molecular flexibility index (Phi) is 6.92. The van der Waals surface area contributed by atoms with Crippen LogP contribution in [-0.2, 0) is 6.54 Å². The summed E-state index contributed by atoms with van der Waals surface area (Å²) < 4.78 is 1.66. The lowest BCUT2D eigenvalue weighted by atomic mass is 9.97. The highest BCUT2D eigenvalue weighted by atomic mass is 35.5. The van der Waals surface area contributed by atoms with E-state index in [0.717, 1.165) is 29.1 Å². The maximum Gasteiger partial charge on any atom is 0.276 e. The molecule has 0 unspecified atom stereocenters. The van der Waals surface area contributed by atoms with Crippen molar-refractivity contribution in [3.8, 4) is 0 Å². The molecule has 1 aromatic carbocycles. The number of amides is 2. The van der Waals surface area contributed by atoms with E-state index in [4.69, 9.17) is 23.2 Å². The van der Waals surface area contributed by atoms with Gasteiger partial charge in [-0.25, -0.2) is 9.50 Å². The van der Waals surface area contributed by atoms with Gasteiger partial charge in [0.15, 0.2) is 11.3 Å². The van der Waals surface area contributed by atoms with Gasteiger partial charge in [0.1, 0.15) is 5.69 Å². The minimum Gasteiger partial charge on any atom is -0.347 e. The SMILES string of the molecule is Cc1cc2nnc(C(=O)N3CCC(c4nc(C(=O)NCc5cccc(Cl)c5Cl)cs4)CC3)c(C)n2n1. The highest BCUT2D eigenvalue weighted by Gasteiger charge is 2.29. The second-order valence-corrected chi connectivity index (χ2v) is 10.4. The molecule has 0 saturated carbocycles. The molecule has 0 atom stereocenters. The standard InChI is InChI=1S/C24H23Cl2N7O2S/c1-13-10-19-29-30-21(14(2)33(19)31-13)24(35)32-8-6-15(7-9-32)23-28-18(12-36-23)22(34)27-11-16-4-3-5-17(25)20(16)26/h3-5,10,12,15H,6-9,11H2,1-2H3,(H,27,34). The Morgan fingerprint density at radius 2 is 1.94 bits per heavy atom. The molecule has 186 valence electrons. The van der Waals surface area contributed by atoms with Gasteiger partial charge in [-0.05, 0) is 38.3 Å². The van der Waals surface area contributed by atoms with Crippen molar-refractivity contribution in [2.24, 2.45) is 0 Å². The first-order valence-corrected chi connectivity index (χ1v) is 13.1. The van der Waals surface area contributed by atoms with Crippen LogP contribution in [0.1, 0.15) is 61.7 Å². The van der Waals surface area contributed by atoms with Crippen LogP contribution >= 0.6 is 34.5 Å². The van der Waals surface area contributed by atoms with Gasteiger partial charge in [-0.2, -0.15) is 5.10 Å². The van der Waals surface area contributed by atoms with Crippen molar-refractivity contribution < 1.29 is 9.59 Å². The molecule has 9 nitrogen and oxygen atoms in total. The molecule has 0 spiro atoms. The van der Waals surface area contributed by atoms with Crippen LogP contribution in [0.3, 0.4) is 0 Å². The minimum absolute atomic E-state index is 0.146. The lowest BCUT2D eigenvalue weighted by molar-refractivity contribution is 0.0704. The molecule has 5 rings (SSSR count). The number of carbonyl (C=O) groups excluding carboxylic acids is 2. The fraction of sp³-hybridized carbons (Fsp3) is 0.333. The number of fused-ring (bicyclic) bond motifs is 1. The van der Waals surface area contributed by atoms with Crippen LogP contribution in [0.25, 0.3) is 5.65 Å². The van der Waals surface area contributed by atoms with E-state index in [9.17, 15) is 9.59 Å². The average Bonchev–Trinajstić information content (AvgIpc) is 3.52. The zero-order valence-electron chi connectivity index (χ0n) is 19.7. The Morgan fingerprint density at radius 3 is 2.72 bits per heavy atom. The lowest BCUT2D eigenvalue weighted by Crippen LogP contribution is -2.39. The van der Waals surface area contributed by atoms with Crippen LogP contribution in [0.4, 0.5) is 0 Å². The van der Waals surface area contributed by atoms with Crippen molar-refractivity contribution in [3.63, 3.8) is 0 Å². The molecule has 4 heterocycles. The lowest BCUT2D eigenvalue weighted by Gasteiger charge is -2.31. The third-order valence-corrected chi connectivity index (χ3v) is 8.15. The predicted octanol–water partition coefficient (Wildman–Crippen LogP) is 4.45. The largest absolute Gasteiger partial charge is 0.347 e. The van der Waals surface area contributed by atoms with Crippen LogP contribution in [0.15, 0.2) is 29.6 Å². The van der Waals surface area contributed by atoms with E-state index >= 15 is 0 Å². The van der Waals surface area contributed by atoms with Crippen molar-refractivity contribution in [2.45, 2.75) is 39.2 Å². The van der Waals surface area contributed by atoms with Crippen LogP contribution in [0, 0.1) is 13.8 Å². The minimum atomic E-state index is -0.264. The van der Waals surface area contributed by atoms with Gasteiger partial charge in [0, 0.05) is 37.0 Å². The number of hydrogen-bond acceptors (Lipinski definition) is 7. The summed E-state index contributed by atoms with van der Waals surface area (Å²) in [6, 6.07) is 7.14. The second kappa shape index (κ2) is 10.1. The summed E-state index contributed by atoms with van der Waals surface area (Å²) in [5, 5.41) is 19.1. The average molecular weight is 544 g/mol. The molecular formula is C24H23Cl2N7O2S. The van der Waals surface area contributed by atoms with Gasteiger partial charge in [0.25, 0.3) is 11.8 Å². The number of halogens is 2. The summed E-state index contributed by atoms with van der Waals surface area (Å²) in [5.74, 6) is -0.224. The molecule has 12 heteroatoms. The Morgan fingerprint density at radius 1 is 1.17 bits per heavy atom. The summed E-state index contributed by atoms with van der Waals surface area (Å²) in [6.07, 6.45) is 1.52. The zero-order valence-corrected chi connectivity index (χ0v) is 22.0. The van der Waals surface area contributed by atoms with Crippen LogP contribution in [-0.4, -0.2) is 54.6 Å². The van der Waals surface area contributed by atoms with E-state index in [2.05, 4.69) is 25.6 Å². The first-order valence-electron chi connectivity index (χ1n) is 11.5. The van der Waals surface area contributed by atoms with Crippen molar-refractivity contribution in [2.75, 3.05) is 13.1 Å². The number of thiazole rings is 1. The van der Waals surface area contributed by atoms with Gasteiger partial charge >= 0.3 is 0 Å². The Balaban J connectivity index is 1.19. The molecule has 0 radical (unpaired) electrons. The van der Waals surface area contributed by atoms with Crippen molar-refractivity contribution >= 4 is 52.0 Å². The molecule has 2 amide bonds. The highest BCUT2D eigenvalue weighted by molar-refractivity contribution is 7.09. The van der Waals surface area contributed by atoms with E-state index in [-0.39, 0.29) is 24.3 Å². The number of rotatable bonds is 5. The quantitative estimate of drug-likeness (QED) is 0.398. The highest BCUT2D eigenvalue weighted by Crippen LogP contribution is 2.31. The van der Waals surface area contributed by atoms with Gasteiger partial charge in [0.05, 0.1) is 26.4 Å². The first-order chi connectivity index (χ1) is 17.3. The Bertz CT molecular complexity index is 1460. The molecule has 1 N–H and O–H groups in total. The fourth-order valence-corrected chi connectivity index (χ4v) is 5.64. The Hall–Kier alpha value is -3.08. The summed E-state index contributed by atoms with van der Waals surface area (Å²) in [6.45, 7) is 5.13. The summed E-state index contributed by atoms with van der Waals surface area (Å²) in [5.41, 5.74) is 3.56. The van der Waals surface area contributed by atoms with Crippen LogP contribution in [0.2, 0.25) is 10.0 Å². The number of benzene rings is 1. The van der Waals surface area contributed by atoms with E-state index in [1.54, 1.807) is 26.9 Å².